The molecule has 0 radical (unpaired) electrons. The summed E-state index contributed by atoms with van der Waals surface area (Å²) in [6.07, 6.45) is 1.40. The molecule has 0 atom stereocenters. The SMILES string of the molecule is CC(=O)N1CCC(C(=O)NC(C)(C)CO)CC1. The molecule has 17 heavy (non-hydrogen) atoms. The third-order valence-electron chi connectivity index (χ3n) is 3.17. The van der Waals surface area contributed by atoms with E-state index >= 15 is 0 Å². The van der Waals surface area contributed by atoms with Crippen molar-refractivity contribution in [3.63, 3.8) is 0 Å². The maximum atomic E-state index is 11.9. The zero-order chi connectivity index (χ0) is 13.1. The van der Waals surface area contributed by atoms with E-state index in [2.05, 4.69) is 5.32 Å². The zero-order valence-electron chi connectivity index (χ0n) is 10.8. The third-order valence-corrected chi connectivity index (χ3v) is 3.17. The molecular weight excluding hydrogens is 220 g/mol. The number of piperidine rings is 1. The predicted octanol–water partition coefficient (Wildman–Crippen LogP) is 0.132. The van der Waals surface area contributed by atoms with E-state index in [0.29, 0.717) is 25.9 Å². The Morgan fingerprint density at radius 2 is 1.88 bits per heavy atom. The second kappa shape index (κ2) is 5.49. The highest BCUT2D eigenvalue weighted by Crippen LogP contribution is 2.18. The van der Waals surface area contributed by atoms with Crippen LogP contribution in [0.3, 0.4) is 0 Å². The molecule has 2 amide bonds. The highest BCUT2D eigenvalue weighted by Gasteiger charge is 2.29. The van der Waals surface area contributed by atoms with Gasteiger partial charge in [0.2, 0.25) is 11.8 Å². The predicted molar refractivity (Wildman–Crippen MR) is 64.3 cm³/mol. The van der Waals surface area contributed by atoms with E-state index in [0.717, 1.165) is 0 Å². The molecule has 0 aromatic carbocycles. The van der Waals surface area contributed by atoms with Crippen molar-refractivity contribution >= 4 is 11.8 Å². The Morgan fingerprint density at radius 3 is 2.29 bits per heavy atom. The molecule has 1 rings (SSSR count). The van der Waals surface area contributed by atoms with Crippen LogP contribution in [0.2, 0.25) is 0 Å². The monoisotopic (exact) mass is 242 g/mol. The summed E-state index contributed by atoms with van der Waals surface area (Å²) in [4.78, 5) is 24.8. The first-order valence-electron chi connectivity index (χ1n) is 6.04. The molecule has 98 valence electrons. The Hall–Kier alpha value is -1.10. The molecule has 5 nitrogen and oxygen atoms in total. The van der Waals surface area contributed by atoms with Gasteiger partial charge in [-0.3, -0.25) is 9.59 Å². The average molecular weight is 242 g/mol. The topological polar surface area (TPSA) is 69.6 Å². The summed E-state index contributed by atoms with van der Waals surface area (Å²) in [5, 5.41) is 11.9. The number of carbonyl (C=O) groups is 2. The standard InChI is InChI=1S/C12H22N2O3/c1-9(16)14-6-4-10(5-7-14)11(17)13-12(2,3)8-15/h10,15H,4-8H2,1-3H3,(H,13,17). The summed E-state index contributed by atoms with van der Waals surface area (Å²) < 4.78 is 0. The van der Waals surface area contributed by atoms with E-state index in [1.54, 1.807) is 25.7 Å². The summed E-state index contributed by atoms with van der Waals surface area (Å²) in [5.74, 6) is 0.00298. The van der Waals surface area contributed by atoms with Crippen molar-refractivity contribution in [2.24, 2.45) is 5.92 Å². The van der Waals surface area contributed by atoms with Crippen molar-refractivity contribution < 1.29 is 14.7 Å². The van der Waals surface area contributed by atoms with Crippen LogP contribution in [-0.4, -0.2) is 47.1 Å². The quantitative estimate of drug-likeness (QED) is 0.739. The Bertz CT molecular complexity index is 294. The van der Waals surface area contributed by atoms with Crippen LogP contribution in [0.25, 0.3) is 0 Å². The van der Waals surface area contributed by atoms with Gasteiger partial charge in [0, 0.05) is 25.9 Å². The molecule has 0 aromatic heterocycles. The van der Waals surface area contributed by atoms with Crippen LogP contribution in [0.4, 0.5) is 0 Å². The van der Waals surface area contributed by atoms with Gasteiger partial charge in [0.1, 0.15) is 0 Å². The number of hydrogen-bond acceptors (Lipinski definition) is 3. The molecule has 0 unspecified atom stereocenters. The summed E-state index contributed by atoms with van der Waals surface area (Å²) in [5.41, 5.74) is -0.575. The minimum absolute atomic E-state index is 0.0211. The smallest absolute Gasteiger partial charge is 0.223 e. The van der Waals surface area contributed by atoms with Gasteiger partial charge in [-0.1, -0.05) is 0 Å². The summed E-state index contributed by atoms with van der Waals surface area (Å²) in [6, 6.07) is 0. The molecule has 1 aliphatic rings. The van der Waals surface area contributed by atoms with Gasteiger partial charge in [0.05, 0.1) is 12.1 Å². The van der Waals surface area contributed by atoms with Crippen LogP contribution in [0, 0.1) is 5.92 Å². The zero-order valence-corrected chi connectivity index (χ0v) is 10.8. The Kier molecular flexibility index (Phi) is 4.51. The lowest BCUT2D eigenvalue weighted by Crippen LogP contribution is -2.50. The lowest BCUT2D eigenvalue weighted by molar-refractivity contribution is -0.134. The molecule has 0 spiro atoms. The largest absolute Gasteiger partial charge is 0.394 e. The van der Waals surface area contributed by atoms with Crippen molar-refractivity contribution in [3.05, 3.63) is 0 Å². The minimum atomic E-state index is -0.575. The summed E-state index contributed by atoms with van der Waals surface area (Å²) >= 11 is 0. The number of likely N-dealkylation sites (tertiary alicyclic amines) is 1. The van der Waals surface area contributed by atoms with E-state index in [4.69, 9.17) is 5.11 Å². The second-order valence-electron chi connectivity index (χ2n) is 5.31. The summed E-state index contributed by atoms with van der Waals surface area (Å²) in [7, 11) is 0. The number of rotatable bonds is 3. The van der Waals surface area contributed by atoms with Crippen LogP contribution in [0.5, 0.6) is 0 Å². The number of nitrogens with zero attached hydrogens (tertiary/aromatic N) is 1. The van der Waals surface area contributed by atoms with Gasteiger partial charge in [-0.2, -0.15) is 0 Å². The van der Waals surface area contributed by atoms with Gasteiger partial charge in [0.25, 0.3) is 0 Å². The van der Waals surface area contributed by atoms with Crippen LogP contribution in [0.15, 0.2) is 0 Å². The number of hydrogen-bond donors (Lipinski definition) is 2. The highest BCUT2D eigenvalue weighted by molar-refractivity contribution is 5.80. The highest BCUT2D eigenvalue weighted by atomic mass is 16.3. The van der Waals surface area contributed by atoms with Gasteiger partial charge < -0.3 is 15.3 Å². The van der Waals surface area contributed by atoms with E-state index in [1.165, 1.54) is 0 Å². The number of aliphatic hydroxyl groups is 1. The Labute approximate surface area is 102 Å². The fourth-order valence-corrected chi connectivity index (χ4v) is 1.93. The first-order chi connectivity index (χ1) is 7.85. The van der Waals surface area contributed by atoms with Crippen LogP contribution in [-0.2, 0) is 9.59 Å². The first kappa shape index (κ1) is 14.0. The van der Waals surface area contributed by atoms with Crippen molar-refractivity contribution in [2.45, 2.75) is 39.2 Å². The molecule has 0 aromatic rings. The Balaban J connectivity index is 2.44. The lowest BCUT2D eigenvalue weighted by Gasteiger charge is -2.33. The van der Waals surface area contributed by atoms with Gasteiger partial charge >= 0.3 is 0 Å². The van der Waals surface area contributed by atoms with E-state index in [-0.39, 0.29) is 24.3 Å². The van der Waals surface area contributed by atoms with Crippen molar-refractivity contribution in [1.82, 2.24) is 10.2 Å². The number of aliphatic hydroxyl groups excluding tert-OH is 1. The van der Waals surface area contributed by atoms with Gasteiger partial charge in [0.15, 0.2) is 0 Å². The first-order valence-corrected chi connectivity index (χ1v) is 6.04. The maximum Gasteiger partial charge on any atom is 0.223 e. The van der Waals surface area contributed by atoms with E-state index < -0.39 is 5.54 Å². The fourth-order valence-electron chi connectivity index (χ4n) is 1.93. The molecule has 5 heteroatoms. The second-order valence-corrected chi connectivity index (χ2v) is 5.31. The third kappa shape index (κ3) is 4.00. The summed E-state index contributed by atoms with van der Waals surface area (Å²) in [6.45, 7) is 6.34. The molecule has 1 aliphatic heterocycles. The molecule has 1 saturated heterocycles. The number of amides is 2. The van der Waals surface area contributed by atoms with Crippen LogP contribution in [0.1, 0.15) is 33.6 Å². The fraction of sp³-hybridized carbons (Fsp3) is 0.833. The lowest BCUT2D eigenvalue weighted by atomic mass is 9.94. The Morgan fingerprint density at radius 1 is 1.35 bits per heavy atom. The van der Waals surface area contributed by atoms with Gasteiger partial charge in [-0.15, -0.1) is 0 Å². The molecule has 1 fully saturated rings. The number of nitrogens with one attached hydrogen (secondary N) is 1. The van der Waals surface area contributed by atoms with Crippen molar-refractivity contribution in [1.29, 1.82) is 0 Å². The van der Waals surface area contributed by atoms with Crippen LogP contribution < -0.4 is 5.32 Å². The van der Waals surface area contributed by atoms with Crippen LogP contribution >= 0.6 is 0 Å². The van der Waals surface area contributed by atoms with Gasteiger partial charge in [-0.05, 0) is 26.7 Å². The molecule has 1 heterocycles. The normalized spacial score (nSPS) is 18.0. The average Bonchev–Trinajstić information content (AvgIpc) is 2.28. The molecule has 0 bridgehead atoms. The van der Waals surface area contributed by atoms with E-state index in [1.807, 2.05) is 0 Å². The van der Waals surface area contributed by atoms with Crippen molar-refractivity contribution in [3.8, 4) is 0 Å². The molecular formula is C12H22N2O3. The molecule has 0 aliphatic carbocycles. The molecule has 2 N–H and O–H groups in total. The molecule has 0 saturated carbocycles. The van der Waals surface area contributed by atoms with Gasteiger partial charge in [-0.25, -0.2) is 0 Å². The number of carbonyl (C=O) groups excluding carboxylic acids is 2. The minimum Gasteiger partial charge on any atom is -0.394 e. The van der Waals surface area contributed by atoms with E-state index in [9.17, 15) is 9.59 Å². The van der Waals surface area contributed by atoms with Crippen molar-refractivity contribution in [2.75, 3.05) is 19.7 Å². The maximum absolute atomic E-state index is 11.9.